The molecule has 0 spiro atoms. The van der Waals surface area contributed by atoms with Crippen LogP contribution in [0.2, 0.25) is 0 Å². The highest BCUT2D eigenvalue weighted by Gasteiger charge is 2.18. The SMILES string of the molecule is COCCc1noc(C(C)NC(=O)c2cn[nH]n2)n1. The molecule has 0 fully saturated rings. The molecule has 2 rings (SSSR count). The first kappa shape index (κ1) is 13.1. The van der Waals surface area contributed by atoms with Gasteiger partial charge in [0.25, 0.3) is 5.91 Å². The van der Waals surface area contributed by atoms with Gasteiger partial charge in [0.15, 0.2) is 11.5 Å². The van der Waals surface area contributed by atoms with E-state index in [0.29, 0.717) is 24.7 Å². The zero-order valence-electron chi connectivity index (χ0n) is 10.6. The minimum absolute atomic E-state index is 0.200. The summed E-state index contributed by atoms with van der Waals surface area (Å²) in [5, 5.41) is 16.1. The van der Waals surface area contributed by atoms with Gasteiger partial charge in [0.1, 0.15) is 6.04 Å². The number of carbonyl (C=O) groups is 1. The van der Waals surface area contributed by atoms with Crippen molar-refractivity contribution in [2.24, 2.45) is 0 Å². The van der Waals surface area contributed by atoms with E-state index in [9.17, 15) is 4.79 Å². The lowest BCUT2D eigenvalue weighted by Crippen LogP contribution is -2.27. The standard InChI is InChI=1S/C10H14N6O3/c1-6(12-9(17)7-5-11-16-14-7)10-13-8(15-19-10)3-4-18-2/h5-6H,3-4H2,1-2H3,(H,12,17)(H,11,14,16). The number of H-pyrrole nitrogens is 1. The summed E-state index contributed by atoms with van der Waals surface area (Å²) >= 11 is 0. The van der Waals surface area contributed by atoms with E-state index in [-0.39, 0.29) is 11.6 Å². The fourth-order valence-corrected chi connectivity index (χ4v) is 1.38. The second-order valence-corrected chi connectivity index (χ2v) is 3.84. The van der Waals surface area contributed by atoms with Crippen molar-refractivity contribution in [1.82, 2.24) is 30.9 Å². The van der Waals surface area contributed by atoms with E-state index in [1.54, 1.807) is 14.0 Å². The van der Waals surface area contributed by atoms with Crippen LogP contribution >= 0.6 is 0 Å². The number of aromatic amines is 1. The normalized spacial score (nSPS) is 12.3. The molecular weight excluding hydrogens is 252 g/mol. The molecule has 19 heavy (non-hydrogen) atoms. The highest BCUT2D eigenvalue weighted by Crippen LogP contribution is 2.10. The average Bonchev–Trinajstić information content (AvgIpc) is 3.07. The van der Waals surface area contributed by atoms with E-state index < -0.39 is 6.04 Å². The van der Waals surface area contributed by atoms with E-state index in [1.165, 1.54) is 6.20 Å². The summed E-state index contributed by atoms with van der Waals surface area (Å²) in [6.07, 6.45) is 1.89. The van der Waals surface area contributed by atoms with Crippen molar-refractivity contribution in [3.63, 3.8) is 0 Å². The summed E-state index contributed by atoms with van der Waals surface area (Å²) in [7, 11) is 1.60. The van der Waals surface area contributed by atoms with Gasteiger partial charge >= 0.3 is 0 Å². The van der Waals surface area contributed by atoms with Crippen LogP contribution in [-0.2, 0) is 11.2 Å². The number of rotatable bonds is 6. The summed E-state index contributed by atoms with van der Waals surface area (Å²) in [6, 6.07) is -0.409. The minimum Gasteiger partial charge on any atom is -0.384 e. The van der Waals surface area contributed by atoms with Crippen LogP contribution in [0.1, 0.15) is 35.2 Å². The molecule has 1 unspecified atom stereocenters. The third-order valence-electron chi connectivity index (χ3n) is 2.38. The van der Waals surface area contributed by atoms with Crippen LogP contribution in [0.3, 0.4) is 0 Å². The first-order valence-electron chi connectivity index (χ1n) is 5.68. The number of carbonyl (C=O) groups excluding carboxylic acids is 1. The highest BCUT2D eigenvalue weighted by atomic mass is 16.5. The molecule has 9 nitrogen and oxygen atoms in total. The van der Waals surface area contributed by atoms with Crippen LogP contribution < -0.4 is 5.32 Å². The van der Waals surface area contributed by atoms with Crippen molar-refractivity contribution >= 4 is 5.91 Å². The lowest BCUT2D eigenvalue weighted by atomic mass is 10.3. The number of ether oxygens (including phenoxy) is 1. The molecule has 0 saturated heterocycles. The first-order chi connectivity index (χ1) is 9.20. The Morgan fingerprint density at radius 1 is 1.63 bits per heavy atom. The van der Waals surface area contributed by atoms with Crippen LogP contribution in [0.4, 0.5) is 0 Å². The van der Waals surface area contributed by atoms with Gasteiger partial charge in [0, 0.05) is 13.5 Å². The van der Waals surface area contributed by atoms with Gasteiger partial charge in [-0.3, -0.25) is 4.79 Å². The zero-order valence-corrected chi connectivity index (χ0v) is 10.6. The summed E-state index contributed by atoms with van der Waals surface area (Å²) in [4.78, 5) is 15.9. The van der Waals surface area contributed by atoms with Gasteiger partial charge in [-0.25, -0.2) is 0 Å². The molecule has 1 atom stereocenters. The quantitative estimate of drug-likeness (QED) is 0.747. The third-order valence-corrected chi connectivity index (χ3v) is 2.38. The molecule has 0 bridgehead atoms. The van der Waals surface area contributed by atoms with Gasteiger partial charge in [-0.05, 0) is 6.92 Å². The largest absolute Gasteiger partial charge is 0.384 e. The second-order valence-electron chi connectivity index (χ2n) is 3.84. The van der Waals surface area contributed by atoms with Gasteiger partial charge < -0.3 is 14.6 Å². The van der Waals surface area contributed by atoms with Gasteiger partial charge in [-0.1, -0.05) is 5.16 Å². The highest BCUT2D eigenvalue weighted by molar-refractivity contribution is 5.91. The number of nitrogens with zero attached hydrogens (tertiary/aromatic N) is 4. The fraction of sp³-hybridized carbons (Fsp3) is 0.500. The molecule has 9 heteroatoms. The Bertz CT molecular complexity index is 523. The number of nitrogens with one attached hydrogen (secondary N) is 2. The molecule has 2 heterocycles. The molecule has 1 amide bonds. The number of hydrogen-bond donors (Lipinski definition) is 2. The molecule has 0 aliphatic heterocycles. The number of hydrogen-bond acceptors (Lipinski definition) is 7. The smallest absolute Gasteiger partial charge is 0.274 e. The Morgan fingerprint density at radius 3 is 3.16 bits per heavy atom. The van der Waals surface area contributed by atoms with Gasteiger partial charge in [-0.2, -0.15) is 20.4 Å². The van der Waals surface area contributed by atoms with E-state index in [2.05, 4.69) is 30.9 Å². The Balaban J connectivity index is 1.94. The second kappa shape index (κ2) is 6.05. The van der Waals surface area contributed by atoms with E-state index in [4.69, 9.17) is 9.26 Å². The van der Waals surface area contributed by atoms with Crippen LogP contribution in [0, 0.1) is 0 Å². The fourth-order valence-electron chi connectivity index (χ4n) is 1.38. The third kappa shape index (κ3) is 3.35. The van der Waals surface area contributed by atoms with Crippen molar-refractivity contribution in [3.8, 4) is 0 Å². The predicted octanol–water partition coefficient (Wildman–Crippen LogP) is -0.132. The lowest BCUT2D eigenvalue weighted by Gasteiger charge is -2.07. The number of methoxy groups -OCH3 is 1. The summed E-state index contributed by atoms with van der Waals surface area (Å²) < 4.78 is 9.99. The maximum absolute atomic E-state index is 11.7. The monoisotopic (exact) mass is 266 g/mol. The molecule has 0 aromatic carbocycles. The van der Waals surface area contributed by atoms with E-state index >= 15 is 0 Å². The zero-order chi connectivity index (χ0) is 13.7. The molecule has 0 saturated carbocycles. The van der Waals surface area contributed by atoms with Crippen LogP contribution in [0.25, 0.3) is 0 Å². The Kier molecular flexibility index (Phi) is 4.18. The minimum atomic E-state index is -0.409. The van der Waals surface area contributed by atoms with Crippen LogP contribution in [-0.4, -0.2) is 45.2 Å². The Hall–Kier alpha value is -2.29. The lowest BCUT2D eigenvalue weighted by molar-refractivity contribution is 0.0927. The molecule has 0 aliphatic rings. The first-order valence-corrected chi connectivity index (χ1v) is 5.68. The topological polar surface area (TPSA) is 119 Å². The molecule has 0 aliphatic carbocycles. The van der Waals surface area contributed by atoms with Gasteiger partial charge in [0.2, 0.25) is 5.89 Å². The summed E-state index contributed by atoms with van der Waals surface area (Å²) in [6.45, 7) is 2.25. The van der Waals surface area contributed by atoms with Crippen LogP contribution in [0.15, 0.2) is 10.7 Å². The average molecular weight is 266 g/mol. The van der Waals surface area contributed by atoms with Gasteiger partial charge in [-0.15, -0.1) is 0 Å². The van der Waals surface area contributed by atoms with E-state index in [0.717, 1.165) is 0 Å². The molecule has 2 aromatic rings. The molecule has 0 radical (unpaired) electrons. The molecule has 2 aromatic heterocycles. The maximum atomic E-state index is 11.7. The predicted molar refractivity (Wildman–Crippen MR) is 62.1 cm³/mol. The van der Waals surface area contributed by atoms with Crippen molar-refractivity contribution in [2.45, 2.75) is 19.4 Å². The van der Waals surface area contributed by atoms with Crippen molar-refractivity contribution in [3.05, 3.63) is 23.6 Å². The Morgan fingerprint density at radius 2 is 2.47 bits per heavy atom. The number of amides is 1. The maximum Gasteiger partial charge on any atom is 0.274 e. The summed E-state index contributed by atoms with van der Waals surface area (Å²) in [5.74, 6) is 0.514. The summed E-state index contributed by atoms with van der Waals surface area (Å²) in [5.41, 5.74) is 0.200. The van der Waals surface area contributed by atoms with Crippen LogP contribution in [0.5, 0.6) is 0 Å². The molecular formula is C10H14N6O3. The Labute approximate surface area is 108 Å². The van der Waals surface area contributed by atoms with Crippen molar-refractivity contribution in [2.75, 3.05) is 13.7 Å². The van der Waals surface area contributed by atoms with Crippen molar-refractivity contribution < 1.29 is 14.1 Å². The van der Waals surface area contributed by atoms with E-state index in [1.807, 2.05) is 0 Å². The number of aromatic nitrogens is 5. The van der Waals surface area contributed by atoms with Gasteiger partial charge in [0.05, 0.1) is 12.8 Å². The van der Waals surface area contributed by atoms with Crippen molar-refractivity contribution in [1.29, 1.82) is 0 Å². The molecule has 102 valence electrons. The molecule has 2 N–H and O–H groups in total.